The van der Waals surface area contributed by atoms with E-state index in [4.69, 9.17) is 4.74 Å². The van der Waals surface area contributed by atoms with Gasteiger partial charge in [-0.25, -0.2) is 4.98 Å². The quantitative estimate of drug-likeness (QED) is 0.393. The molecule has 7 heteroatoms. The van der Waals surface area contributed by atoms with Gasteiger partial charge in [0.1, 0.15) is 11.6 Å². The number of nitrogens with one attached hydrogen (secondary N) is 3. The highest BCUT2D eigenvalue weighted by Crippen LogP contribution is 2.42. The lowest BCUT2D eigenvalue weighted by atomic mass is 9.96. The molecule has 0 saturated heterocycles. The molecule has 4 atom stereocenters. The maximum Gasteiger partial charge on any atom is 0.226 e. The predicted octanol–water partition coefficient (Wildman–Crippen LogP) is 3.23. The predicted molar refractivity (Wildman–Crippen MR) is 129 cm³/mol. The van der Waals surface area contributed by atoms with Crippen LogP contribution >= 0.6 is 0 Å². The van der Waals surface area contributed by atoms with E-state index in [1.807, 2.05) is 60.8 Å². The molecule has 3 aromatic rings. The third-order valence-corrected chi connectivity index (χ3v) is 7.01. The van der Waals surface area contributed by atoms with E-state index in [2.05, 4.69) is 20.6 Å². The van der Waals surface area contributed by atoms with Crippen molar-refractivity contribution in [2.24, 2.45) is 5.92 Å². The van der Waals surface area contributed by atoms with E-state index in [9.17, 15) is 9.90 Å². The lowest BCUT2D eigenvalue weighted by molar-refractivity contribution is -0.127. The first-order valence-corrected chi connectivity index (χ1v) is 12.0. The topological polar surface area (TPSA) is 99.3 Å². The number of nitrogens with zero attached hydrogens (tertiary/aromatic N) is 1. The molecule has 178 valence electrons. The Labute approximate surface area is 200 Å². The summed E-state index contributed by atoms with van der Waals surface area (Å²) in [6.45, 7) is 1.07. The number of aliphatic hydroxyl groups excluding tert-OH is 1. The summed E-state index contributed by atoms with van der Waals surface area (Å²) >= 11 is 0. The number of imidazole rings is 1. The Morgan fingerprint density at radius 3 is 2.68 bits per heavy atom. The van der Waals surface area contributed by atoms with Crippen molar-refractivity contribution < 1.29 is 14.6 Å². The summed E-state index contributed by atoms with van der Waals surface area (Å²) in [5.74, 6) is 1.45. The van der Waals surface area contributed by atoms with Crippen molar-refractivity contribution >= 4 is 5.91 Å². The number of hydrogen-bond acceptors (Lipinski definition) is 5. The van der Waals surface area contributed by atoms with Gasteiger partial charge in [0.2, 0.25) is 5.91 Å². The highest BCUT2D eigenvalue weighted by atomic mass is 16.5. The molecule has 2 saturated carbocycles. The van der Waals surface area contributed by atoms with Crippen LogP contribution in [0.25, 0.3) is 0 Å². The van der Waals surface area contributed by atoms with Gasteiger partial charge in [-0.3, -0.25) is 4.79 Å². The first-order chi connectivity index (χ1) is 16.6. The molecule has 34 heavy (non-hydrogen) atoms. The second-order valence-corrected chi connectivity index (χ2v) is 9.40. The number of methoxy groups -OCH3 is 1. The van der Waals surface area contributed by atoms with Gasteiger partial charge in [-0.05, 0) is 42.5 Å². The van der Waals surface area contributed by atoms with Crippen LogP contribution in [0.3, 0.4) is 0 Å². The summed E-state index contributed by atoms with van der Waals surface area (Å²) in [7, 11) is 1.66. The zero-order valence-electron chi connectivity index (χ0n) is 19.4. The van der Waals surface area contributed by atoms with Crippen LogP contribution in [-0.2, 0) is 17.9 Å². The van der Waals surface area contributed by atoms with Crippen molar-refractivity contribution in [2.45, 2.75) is 56.3 Å². The summed E-state index contributed by atoms with van der Waals surface area (Å²) in [4.78, 5) is 21.1. The van der Waals surface area contributed by atoms with Gasteiger partial charge < -0.3 is 25.5 Å². The molecule has 0 unspecified atom stereocenters. The second kappa shape index (κ2) is 9.99. The highest BCUT2D eigenvalue weighted by Gasteiger charge is 2.47. The third-order valence-electron chi connectivity index (χ3n) is 7.01. The van der Waals surface area contributed by atoms with Crippen LogP contribution in [-0.4, -0.2) is 40.2 Å². The van der Waals surface area contributed by atoms with Gasteiger partial charge in [0.05, 0.1) is 19.1 Å². The molecule has 1 aromatic heterocycles. The number of hydrogen-bond donors (Lipinski definition) is 4. The molecule has 0 radical (unpaired) electrons. The summed E-state index contributed by atoms with van der Waals surface area (Å²) in [5.41, 5.74) is 3.03. The number of ether oxygens (including phenoxy) is 1. The Kier molecular flexibility index (Phi) is 6.65. The molecule has 1 amide bonds. The van der Waals surface area contributed by atoms with Crippen molar-refractivity contribution in [1.82, 2.24) is 20.6 Å². The van der Waals surface area contributed by atoms with Crippen LogP contribution in [0, 0.1) is 5.92 Å². The van der Waals surface area contributed by atoms with E-state index >= 15 is 0 Å². The maximum absolute atomic E-state index is 13.1. The molecule has 2 fully saturated rings. The van der Waals surface area contributed by atoms with Gasteiger partial charge >= 0.3 is 0 Å². The second-order valence-electron chi connectivity index (χ2n) is 9.40. The zero-order valence-corrected chi connectivity index (χ0v) is 19.4. The van der Waals surface area contributed by atoms with Crippen molar-refractivity contribution in [2.75, 3.05) is 7.11 Å². The summed E-state index contributed by atoms with van der Waals surface area (Å²) in [6, 6.07) is 17.7. The number of rotatable bonds is 9. The Bertz CT molecular complexity index is 1110. The number of carbonyl (C=O) groups is 1. The lowest BCUT2D eigenvalue weighted by Crippen LogP contribution is -2.36. The minimum atomic E-state index is -0.800. The van der Waals surface area contributed by atoms with Gasteiger partial charge in [0.25, 0.3) is 0 Å². The Morgan fingerprint density at radius 2 is 1.91 bits per heavy atom. The monoisotopic (exact) mass is 460 g/mol. The minimum Gasteiger partial charge on any atom is -0.497 e. The molecule has 2 aromatic carbocycles. The van der Waals surface area contributed by atoms with Crippen molar-refractivity contribution in [3.63, 3.8) is 0 Å². The number of carbonyl (C=O) groups excluding carboxylic acids is 1. The van der Waals surface area contributed by atoms with Gasteiger partial charge in [0.15, 0.2) is 0 Å². The summed E-state index contributed by atoms with van der Waals surface area (Å²) in [5, 5.41) is 17.9. The number of aromatic nitrogens is 2. The van der Waals surface area contributed by atoms with Crippen molar-refractivity contribution in [3.8, 4) is 5.75 Å². The van der Waals surface area contributed by atoms with Crippen LogP contribution in [0.2, 0.25) is 0 Å². The fourth-order valence-electron chi connectivity index (χ4n) is 4.95. The average molecular weight is 461 g/mol. The van der Waals surface area contributed by atoms with Crippen molar-refractivity contribution in [3.05, 3.63) is 83.4 Å². The number of amides is 1. The lowest BCUT2D eigenvalue weighted by Gasteiger charge is -2.22. The van der Waals surface area contributed by atoms with Crippen LogP contribution in [0.1, 0.15) is 53.7 Å². The number of H-pyrrole nitrogens is 1. The van der Waals surface area contributed by atoms with Crippen LogP contribution in [0.4, 0.5) is 0 Å². The smallest absolute Gasteiger partial charge is 0.226 e. The van der Waals surface area contributed by atoms with Gasteiger partial charge in [-0.2, -0.15) is 0 Å². The summed E-state index contributed by atoms with van der Waals surface area (Å²) < 4.78 is 5.34. The Hall–Kier alpha value is -3.16. The number of benzene rings is 2. The normalized spacial score (nSPS) is 24.2. The van der Waals surface area contributed by atoms with Crippen LogP contribution < -0.4 is 15.4 Å². The van der Waals surface area contributed by atoms with Gasteiger partial charge in [0, 0.05) is 42.9 Å². The molecule has 0 spiro atoms. The molecule has 2 aliphatic rings. The van der Waals surface area contributed by atoms with Crippen LogP contribution in [0.5, 0.6) is 5.75 Å². The Morgan fingerprint density at radius 1 is 1.12 bits per heavy atom. The molecule has 1 heterocycles. The van der Waals surface area contributed by atoms with E-state index in [0.29, 0.717) is 25.4 Å². The first-order valence-electron chi connectivity index (χ1n) is 12.0. The average Bonchev–Trinajstić information content (AvgIpc) is 3.52. The van der Waals surface area contributed by atoms with Gasteiger partial charge in [-0.1, -0.05) is 42.5 Å². The van der Waals surface area contributed by atoms with Crippen molar-refractivity contribution in [1.29, 1.82) is 0 Å². The molecular weight excluding hydrogens is 428 g/mol. The molecule has 0 bridgehead atoms. The maximum atomic E-state index is 13.1. The van der Waals surface area contributed by atoms with E-state index in [-0.39, 0.29) is 17.9 Å². The fraction of sp³-hybridized carbons (Fsp3) is 0.407. The zero-order chi connectivity index (χ0) is 23.5. The van der Waals surface area contributed by atoms with Crippen LogP contribution in [0.15, 0.2) is 60.8 Å². The molecule has 2 aliphatic carbocycles. The molecule has 5 rings (SSSR count). The SMILES string of the molecule is COc1cccc(CN[C@@H]2C[C@H](C(=O)NCc3ccccc3)[C@@H](O)[C@H]2c2cnc(C3CC3)[nH]2)c1. The molecule has 0 aliphatic heterocycles. The Balaban J connectivity index is 1.31. The standard InChI is InChI=1S/C27H32N4O3/c1-34-20-9-5-8-18(12-20)15-28-22-13-21(27(33)30-14-17-6-3-2-4-7-17)25(32)24(22)23-16-29-26(31-23)19-10-11-19/h2-9,12,16,19,21-22,24-25,28,32H,10-11,13-15H2,1H3,(H,29,31)(H,30,33)/t21-,22+,24+,25+/m0/s1. The molecule has 4 N–H and O–H groups in total. The summed E-state index contributed by atoms with van der Waals surface area (Å²) in [6.07, 6.45) is 3.90. The van der Waals surface area contributed by atoms with E-state index < -0.39 is 12.0 Å². The minimum absolute atomic E-state index is 0.0684. The first kappa shape index (κ1) is 22.6. The molecule has 7 nitrogen and oxygen atoms in total. The van der Waals surface area contributed by atoms with E-state index in [1.54, 1.807) is 7.11 Å². The fourth-order valence-corrected chi connectivity index (χ4v) is 4.95. The third kappa shape index (κ3) is 5.00. The van der Waals surface area contributed by atoms with E-state index in [0.717, 1.165) is 41.2 Å². The number of aromatic amines is 1. The van der Waals surface area contributed by atoms with E-state index in [1.165, 1.54) is 0 Å². The highest BCUT2D eigenvalue weighted by molar-refractivity contribution is 5.80. The molecular formula is C27H32N4O3. The number of aliphatic hydroxyl groups is 1. The van der Waals surface area contributed by atoms with Gasteiger partial charge in [-0.15, -0.1) is 0 Å². The largest absolute Gasteiger partial charge is 0.497 e.